The van der Waals surface area contributed by atoms with E-state index in [4.69, 9.17) is 23.4 Å². The molecule has 0 unspecified atom stereocenters. The van der Waals surface area contributed by atoms with Crippen molar-refractivity contribution in [3.63, 3.8) is 0 Å². The van der Waals surface area contributed by atoms with Crippen molar-refractivity contribution in [1.82, 2.24) is 4.98 Å². The quantitative estimate of drug-likeness (QED) is 0.127. The Kier molecular flexibility index (Phi) is 12.0. The van der Waals surface area contributed by atoms with Crippen molar-refractivity contribution in [2.45, 2.75) is 93.6 Å². The number of rotatable bonds is 14. The average molecular weight is 690 g/mol. The van der Waals surface area contributed by atoms with E-state index in [0.29, 0.717) is 6.61 Å². The second-order valence-electron chi connectivity index (χ2n) is 13.6. The van der Waals surface area contributed by atoms with Crippen molar-refractivity contribution in [1.29, 1.82) is 0 Å². The summed E-state index contributed by atoms with van der Waals surface area (Å²) in [4.78, 5) is 4.23. The van der Waals surface area contributed by atoms with E-state index in [9.17, 15) is 8.42 Å². The van der Waals surface area contributed by atoms with Crippen molar-refractivity contribution in [2.75, 3.05) is 6.61 Å². The van der Waals surface area contributed by atoms with Crippen LogP contribution >= 0.6 is 0 Å². The summed E-state index contributed by atoms with van der Waals surface area (Å²) in [5.74, 6) is 0. The highest BCUT2D eigenvalue weighted by Crippen LogP contribution is 2.42. The van der Waals surface area contributed by atoms with Gasteiger partial charge in [-0.05, 0) is 47.0 Å². The van der Waals surface area contributed by atoms with Crippen LogP contribution in [0, 0.1) is 0 Å². The molecule has 10 heteroatoms. The molecule has 0 spiro atoms. The van der Waals surface area contributed by atoms with Gasteiger partial charge in [0.1, 0.15) is 24.4 Å². The molecule has 0 radical (unpaired) electrons. The van der Waals surface area contributed by atoms with Crippen LogP contribution in [0.2, 0.25) is 18.1 Å². The van der Waals surface area contributed by atoms with Crippen molar-refractivity contribution >= 4 is 18.2 Å². The largest absolute Gasteiger partial charge is 0.407 e. The molecule has 48 heavy (non-hydrogen) atoms. The molecule has 0 saturated carbocycles. The average Bonchev–Trinajstić information content (AvgIpc) is 3.08. The number of pyridine rings is 1. The summed E-state index contributed by atoms with van der Waals surface area (Å²) in [6.45, 7) is 11.4. The van der Waals surface area contributed by atoms with Gasteiger partial charge in [-0.25, -0.2) is 13.4 Å². The molecule has 5 atom stereocenters. The first-order valence-corrected chi connectivity index (χ1v) is 20.8. The molecule has 1 aliphatic rings. The fraction of sp³-hybridized carbons (Fsp3) is 0.395. The topological polar surface area (TPSA) is 93.2 Å². The molecule has 0 amide bonds. The van der Waals surface area contributed by atoms with Crippen LogP contribution in [0.25, 0.3) is 0 Å². The number of hydrogen-bond acceptors (Lipinski definition) is 8. The van der Waals surface area contributed by atoms with Gasteiger partial charge in [-0.15, -0.1) is 0 Å². The molecule has 5 rings (SSSR count). The second-order valence-corrected chi connectivity index (χ2v) is 20.4. The zero-order chi connectivity index (χ0) is 34.2. The summed E-state index contributed by atoms with van der Waals surface area (Å²) < 4.78 is 62.3. The maximum absolute atomic E-state index is 14.5. The van der Waals surface area contributed by atoms with Gasteiger partial charge in [-0.2, -0.15) is 0 Å². The summed E-state index contributed by atoms with van der Waals surface area (Å²) in [5, 5.41) is -0.319. The molecule has 1 saturated heterocycles. The molecule has 0 aliphatic carbocycles. The van der Waals surface area contributed by atoms with Crippen LogP contribution in [0.4, 0.5) is 0 Å². The van der Waals surface area contributed by atoms with Crippen LogP contribution in [0.1, 0.15) is 37.5 Å². The lowest BCUT2D eigenvalue weighted by atomic mass is 9.99. The van der Waals surface area contributed by atoms with E-state index < -0.39 is 48.0 Å². The van der Waals surface area contributed by atoms with Crippen LogP contribution in [-0.4, -0.2) is 58.2 Å². The molecular weight excluding hydrogens is 643 g/mol. The number of hydrogen-bond donors (Lipinski definition) is 0. The Morgan fingerprint density at radius 1 is 0.688 bits per heavy atom. The Balaban J connectivity index is 1.57. The lowest BCUT2D eigenvalue weighted by Gasteiger charge is -2.49. The van der Waals surface area contributed by atoms with Gasteiger partial charge in [0.25, 0.3) is 0 Å². The molecular formula is C38H47NO7SSi. The molecule has 1 aliphatic heterocycles. The number of ether oxygens (including phenoxy) is 4. The first-order valence-electron chi connectivity index (χ1n) is 16.4. The van der Waals surface area contributed by atoms with Gasteiger partial charge in [0.15, 0.2) is 18.8 Å². The molecule has 4 aromatic rings. The molecule has 256 valence electrons. The zero-order valence-corrected chi connectivity index (χ0v) is 30.2. The van der Waals surface area contributed by atoms with Crippen LogP contribution in [0.5, 0.6) is 0 Å². The van der Waals surface area contributed by atoms with Gasteiger partial charge in [0.05, 0.1) is 26.4 Å². The molecule has 0 bridgehead atoms. The first kappa shape index (κ1) is 36.1. The number of benzene rings is 3. The summed E-state index contributed by atoms with van der Waals surface area (Å²) in [6.07, 6.45) is -1.91. The van der Waals surface area contributed by atoms with Gasteiger partial charge >= 0.3 is 0 Å². The Labute approximate surface area is 286 Å². The van der Waals surface area contributed by atoms with Gasteiger partial charge in [0, 0.05) is 6.20 Å². The molecule has 1 aromatic heterocycles. The van der Waals surface area contributed by atoms with Gasteiger partial charge in [0.2, 0.25) is 9.84 Å². The second kappa shape index (κ2) is 16.0. The highest BCUT2D eigenvalue weighted by Gasteiger charge is 2.56. The monoisotopic (exact) mass is 689 g/mol. The van der Waals surface area contributed by atoms with E-state index in [1.54, 1.807) is 12.1 Å². The minimum absolute atomic E-state index is 0.0700. The maximum atomic E-state index is 14.5. The smallest absolute Gasteiger partial charge is 0.225 e. The third-order valence-electron chi connectivity index (χ3n) is 9.03. The summed E-state index contributed by atoms with van der Waals surface area (Å²) in [5.41, 5.74) is 1.47. The van der Waals surface area contributed by atoms with Gasteiger partial charge in [-0.3, -0.25) is 0 Å². The molecule has 1 fully saturated rings. The fourth-order valence-electron chi connectivity index (χ4n) is 5.33. The van der Waals surface area contributed by atoms with Gasteiger partial charge < -0.3 is 23.4 Å². The first-order chi connectivity index (χ1) is 23.0. The van der Waals surface area contributed by atoms with E-state index in [0.717, 1.165) is 16.7 Å². The highest BCUT2D eigenvalue weighted by molar-refractivity contribution is 7.91. The Hall–Kier alpha value is -3.22. The van der Waals surface area contributed by atoms with Crippen molar-refractivity contribution in [3.05, 3.63) is 132 Å². The summed E-state index contributed by atoms with van der Waals surface area (Å²) in [7, 11) is -6.78. The van der Waals surface area contributed by atoms with Crippen LogP contribution < -0.4 is 0 Å². The van der Waals surface area contributed by atoms with E-state index in [1.807, 2.05) is 91.0 Å². The summed E-state index contributed by atoms with van der Waals surface area (Å²) in [6, 6.07) is 34.3. The van der Waals surface area contributed by atoms with Crippen molar-refractivity contribution < 1.29 is 31.8 Å². The number of sulfone groups is 1. The van der Waals surface area contributed by atoms with Crippen molar-refractivity contribution in [3.8, 4) is 0 Å². The predicted octanol–water partition coefficient (Wildman–Crippen LogP) is 7.36. The van der Waals surface area contributed by atoms with Crippen LogP contribution in [-0.2, 0) is 53.0 Å². The maximum Gasteiger partial charge on any atom is 0.225 e. The standard InChI is InChI=1S/C38H47NO7SSi/c1-38(2,3)48(4,5)46-36-35(44-27-31-21-13-8-14-22-31)34(43-26-30-19-11-7-12-20-30)32(28-42-25-29-17-9-6-10-18-29)45-37(36)47(40,41)33-23-15-16-24-39-33/h6-24,32,34-37H,25-28H2,1-5H3/t32-,34-,35+,36+,37-/m1/s1. The van der Waals surface area contributed by atoms with Crippen LogP contribution in [0.15, 0.2) is 120 Å². The Morgan fingerprint density at radius 2 is 1.19 bits per heavy atom. The minimum Gasteiger partial charge on any atom is -0.407 e. The third-order valence-corrected chi connectivity index (χ3v) is 15.3. The minimum atomic E-state index is -4.17. The Bertz CT molecular complexity index is 1650. The molecule has 0 N–H and O–H groups in total. The highest BCUT2D eigenvalue weighted by atomic mass is 32.2. The van der Waals surface area contributed by atoms with E-state index >= 15 is 0 Å². The van der Waals surface area contributed by atoms with Crippen LogP contribution in [0.3, 0.4) is 0 Å². The lowest BCUT2D eigenvalue weighted by molar-refractivity contribution is -0.241. The lowest BCUT2D eigenvalue weighted by Crippen LogP contribution is -2.65. The SMILES string of the molecule is CC(C)(C)[Si](C)(C)O[C@H]1[C@@H](OCc2ccccc2)[C@H](OCc2ccccc2)[C@@H](COCc2ccccc2)O[C@@H]1S(=O)(=O)c1ccccn1. The van der Waals surface area contributed by atoms with E-state index in [-0.39, 0.29) is 29.9 Å². The normalized spacial score (nSPS) is 22.0. The zero-order valence-electron chi connectivity index (χ0n) is 28.4. The molecule has 2 heterocycles. The molecule has 3 aromatic carbocycles. The van der Waals surface area contributed by atoms with E-state index in [2.05, 4.69) is 38.8 Å². The summed E-state index contributed by atoms with van der Waals surface area (Å²) >= 11 is 0. The molecule has 8 nitrogen and oxygen atoms in total. The third kappa shape index (κ3) is 9.06. The van der Waals surface area contributed by atoms with E-state index in [1.165, 1.54) is 12.3 Å². The fourth-order valence-corrected chi connectivity index (χ4v) is 8.29. The number of aromatic nitrogens is 1. The predicted molar refractivity (Wildman–Crippen MR) is 188 cm³/mol. The van der Waals surface area contributed by atoms with Gasteiger partial charge in [-0.1, -0.05) is 118 Å². The number of nitrogens with zero attached hydrogens (tertiary/aromatic N) is 1. The Morgan fingerprint density at radius 3 is 1.69 bits per heavy atom. The van der Waals surface area contributed by atoms with Crippen molar-refractivity contribution in [2.24, 2.45) is 0 Å².